The normalized spacial score (nSPS) is 11.7. The van der Waals surface area contributed by atoms with Crippen LogP contribution in [0.15, 0.2) is 24.3 Å². The molecule has 5 nitrogen and oxygen atoms in total. The van der Waals surface area contributed by atoms with Gasteiger partial charge in [0.05, 0.1) is 6.54 Å². The first-order valence-corrected chi connectivity index (χ1v) is 19.1. The highest BCUT2D eigenvalue weighted by Crippen LogP contribution is 2.13. The van der Waals surface area contributed by atoms with E-state index in [1.165, 1.54) is 116 Å². The number of rotatable bonds is 34. The van der Waals surface area contributed by atoms with E-state index in [2.05, 4.69) is 38.2 Å². The summed E-state index contributed by atoms with van der Waals surface area (Å²) in [6.07, 6.45) is 42.7. The highest BCUT2D eigenvalue weighted by Gasteiger charge is 2.16. The molecule has 0 aliphatic rings. The van der Waals surface area contributed by atoms with E-state index in [1.54, 1.807) is 0 Å². The van der Waals surface area contributed by atoms with Crippen LogP contribution in [0.25, 0.3) is 0 Å². The summed E-state index contributed by atoms with van der Waals surface area (Å²) in [4.78, 5) is 35.3. The molecule has 0 N–H and O–H groups in total. The standard InChI is InChI=1S/C39H73NO4/c1-4-7-9-11-13-15-17-19-21-23-25-27-29-31-33-35-38(41)43-40(37-6-3)44-39(42)36-34-32-30-28-26-24-22-20-18-16-14-12-10-8-5-2/h19-22H,4-18,23-37H2,1-3H3/b21-19-,22-20-. The lowest BCUT2D eigenvalue weighted by molar-refractivity contribution is -0.325. The van der Waals surface area contributed by atoms with Gasteiger partial charge in [0.25, 0.3) is 0 Å². The first kappa shape index (κ1) is 42.4. The Morgan fingerprint density at radius 1 is 0.409 bits per heavy atom. The molecule has 0 amide bonds. The lowest BCUT2D eigenvalue weighted by atomic mass is 10.1. The molecule has 0 heterocycles. The second-order valence-corrected chi connectivity index (χ2v) is 12.7. The van der Waals surface area contributed by atoms with Crippen LogP contribution in [0.2, 0.25) is 0 Å². The van der Waals surface area contributed by atoms with E-state index in [0.717, 1.165) is 63.0 Å². The molecule has 0 fully saturated rings. The summed E-state index contributed by atoms with van der Waals surface area (Å²) in [5, 5.41) is 1.10. The fourth-order valence-electron chi connectivity index (χ4n) is 5.29. The van der Waals surface area contributed by atoms with Crippen molar-refractivity contribution in [2.45, 2.75) is 207 Å². The third-order valence-corrected chi connectivity index (χ3v) is 8.10. The number of carbonyl (C=O) groups is 2. The molecule has 0 saturated carbocycles. The van der Waals surface area contributed by atoms with Gasteiger partial charge >= 0.3 is 11.9 Å². The molecular formula is C39H73NO4. The number of carbonyl (C=O) groups excluding carboxylic acids is 2. The van der Waals surface area contributed by atoms with Crippen LogP contribution in [-0.2, 0) is 19.3 Å². The van der Waals surface area contributed by atoms with Crippen LogP contribution in [-0.4, -0.2) is 23.7 Å². The molecule has 0 atom stereocenters. The average molecular weight is 620 g/mol. The van der Waals surface area contributed by atoms with Crippen LogP contribution in [0.4, 0.5) is 0 Å². The fourth-order valence-corrected chi connectivity index (χ4v) is 5.29. The number of allylic oxidation sites excluding steroid dienone is 4. The minimum atomic E-state index is -0.315. The van der Waals surface area contributed by atoms with Gasteiger partial charge in [0, 0.05) is 18.1 Å². The molecule has 0 rings (SSSR count). The molecule has 44 heavy (non-hydrogen) atoms. The van der Waals surface area contributed by atoms with Gasteiger partial charge in [-0.05, 0) is 70.6 Å². The lowest BCUT2D eigenvalue weighted by Gasteiger charge is -2.19. The Bertz CT molecular complexity index is 621. The van der Waals surface area contributed by atoms with Crippen LogP contribution in [0.1, 0.15) is 207 Å². The van der Waals surface area contributed by atoms with Crippen LogP contribution in [0.3, 0.4) is 0 Å². The molecule has 0 radical (unpaired) electrons. The molecule has 0 spiro atoms. The second kappa shape index (κ2) is 35.9. The lowest BCUT2D eigenvalue weighted by Crippen LogP contribution is -2.31. The van der Waals surface area contributed by atoms with Crippen molar-refractivity contribution in [3.05, 3.63) is 24.3 Å². The van der Waals surface area contributed by atoms with Crippen molar-refractivity contribution >= 4 is 11.9 Å². The maximum absolute atomic E-state index is 12.3. The van der Waals surface area contributed by atoms with Crippen molar-refractivity contribution in [3.63, 3.8) is 0 Å². The van der Waals surface area contributed by atoms with Gasteiger partial charge in [-0.2, -0.15) is 0 Å². The Labute approximate surface area is 273 Å². The summed E-state index contributed by atoms with van der Waals surface area (Å²) in [5.74, 6) is -0.630. The van der Waals surface area contributed by atoms with Gasteiger partial charge < -0.3 is 9.68 Å². The van der Waals surface area contributed by atoms with E-state index < -0.39 is 0 Å². The van der Waals surface area contributed by atoms with Gasteiger partial charge in [-0.3, -0.25) is 9.59 Å². The van der Waals surface area contributed by atoms with Gasteiger partial charge in [0.1, 0.15) is 0 Å². The monoisotopic (exact) mass is 620 g/mol. The number of hydroxylamine groups is 2. The van der Waals surface area contributed by atoms with E-state index >= 15 is 0 Å². The van der Waals surface area contributed by atoms with E-state index in [1.807, 2.05) is 6.92 Å². The predicted octanol–water partition coefficient (Wildman–Crippen LogP) is 12.7. The zero-order valence-corrected chi connectivity index (χ0v) is 29.6. The van der Waals surface area contributed by atoms with E-state index in [9.17, 15) is 9.59 Å². The summed E-state index contributed by atoms with van der Waals surface area (Å²) < 4.78 is 0. The van der Waals surface area contributed by atoms with E-state index in [4.69, 9.17) is 9.68 Å². The number of hydrogen-bond acceptors (Lipinski definition) is 5. The number of unbranched alkanes of at least 4 members (excludes halogenated alkanes) is 22. The maximum Gasteiger partial charge on any atom is 0.329 e. The Balaban J connectivity index is 3.70. The van der Waals surface area contributed by atoms with E-state index in [0.29, 0.717) is 19.4 Å². The first-order valence-electron chi connectivity index (χ1n) is 19.1. The first-order chi connectivity index (χ1) is 21.6. The summed E-state index contributed by atoms with van der Waals surface area (Å²) in [6, 6.07) is 0. The largest absolute Gasteiger partial charge is 0.333 e. The van der Waals surface area contributed by atoms with Crippen molar-refractivity contribution in [1.82, 2.24) is 5.23 Å². The summed E-state index contributed by atoms with van der Waals surface area (Å²) in [6.45, 7) is 6.90. The molecule has 0 aromatic heterocycles. The summed E-state index contributed by atoms with van der Waals surface area (Å²) >= 11 is 0. The highest BCUT2D eigenvalue weighted by atomic mass is 17.0. The molecule has 0 aromatic carbocycles. The zero-order valence-electron chi connectivity index (χ0n) is 29.6. The summed E-state index contributed by atoms with van der Waals surface area (Å²) in [5.41, 5.74) is 0. The van der Waals surface area contributed by atoms with Crippen LogP contribution < -0.4 is 0 Å². The predicted molar refractivity (Wildman–Crippen MR) is 188 cm³/mol. The summed E-state index contributed by atoms with van der Waals surface area (Å²) in [7, 11) is 0. The number of nitrogens with zero attached hydrogens (tertiary/aromatic N) is 1. The molecule has 0 aliphatic heterocycles. The Morgan fingerprint density at radius 3 is 1.02 bits per heavy atom. The second-order valence-electron chi connectivity index (χ2n) is 12.7. The maximum atomic E-state index is 12.3. The van der Waals surface area contributed by atoms with Crippen molar-refractivity contribution < 1.29 is 19.3 Å². The smallest absolute Gasteiger partial charge is 0.329 e. The molecule has 0 saturated heterocycles. The molecule has 0 unspecified atom stereocenters. The van der Waals surface area contributed by atoms with Crippen molar-refractivity contribution in [2.24, 2.45) is 0 Å². The van der Waals surface area contributed by atoms with Crippen molar-refractivity contribution in [3.8, 4) is 0 Å². The average Bonchev–Trinajstić information content (AvgIpc) is 3.01. The molecule has 258 valence electrons. The zero-order chi connectivity index (χ0) is 32.2. The SMILES string of the molecule is CCCCCCCC/C=C\CCCCCCCC(=O)ON(CCC)OC(=O)CCCCCCC/C=C\CCCCCCCC. The van der Waals surface area contributed by atoms with Gasteiger partial charge in [-0.1, -0.05) is 148 Å². The van der Waals surface area contributed by atoms with Crippen molar-refractivity contribution in [1.29, 1.82) is 0 Å². The van der Waals surface area contributed by atoms with Gasteiger partial charge in [0.15, 0.2) is 0 Å². The van der Waals surface area contributed by atoms with Gasteiger partial charge in [-0.15, -0.1) is 0 Å². The minimum absolute atomic E-state index is 0.315. The molecule has 0 aromatic rings. The Hall–Kier alpha value is -1.62. The minimum Gasteiger partial charge on any atom is -0.333 e. The van der Waals surface area contributed by atoms with Crippen molar-refractivity contribution in [2.75, 3.05) is 6.54 Å². The topological polar surface area (TPSA) is 55.8 Å². The van der Waals surface area contributed by atoms with Gasteiger partial charge in [-0.25, -0.2) is 0 Å². The third kappa shape index (κ3) is 33.3. The van der Waals surface area contributed by atoms with E-state index in [-0.39, 0.29) is 11.9 Å². The van der Waals surface area contributed by atoms with Crippen LogP contribution >= 0.6 is 0 Å². The van der Waals surface area contributed by atoms with Gasteiger partial charge in [0.2, 0.25) is 0 Å². The number of hydrogen-bond donors (Lipinski definition) is 0. The molecule has 0 bridgehead atoms. The Morgan fingerprint density at radius 2 is 0.705 bits per heavy atom. The molecular weight excluding hydrogens is 546 g/mol. The fraction of sp³-hybridized carbons (Fsp3) is 0.846. The molecule has 5 heteroatoms. The Kier molecular flexibility index (Phi) is 34.5. The van der Waals surface area contributed by atoms with Crippen LogP contribution in [0.5, 0.6) is 0 Å². The quantitative estimate of drug-likeness (QED) is 0.0407. The van der Waals surface area contributed by atoms with Crippen LogP contribution in [0, 0.1) is 0 Å². The highest BCUT2D eigenvalue weighted by molar-refractivity contribution is 5.70. The molecule has 0 aliphatic carbocycles. The third-order valence-electron chi connectivity index (χ3n) is 8.10.